The summed E-state index contributed by atoms with van der Waals surface area (Å²) in [5.74, 6) is 0.0143. The third-order valence-corrected chi connectivity index (χ3v) is 3.55. The lowest BCUT2D eigenvalue weighted by Crippen LogP contribution is -2.45. The highest BCUT2D eigenvalue weighted by Crippen LogP contribution is 2.20. The molecule has 5 nitrogen and oxygen atoms in total. The van der Waals surface area contributed by atoms with Crippen LogP contribution in [0, 0.1) is 0 Å². The van der Waals surface area contributed by atoms with Gasteiger partial charge >= 0.3 is 0 Å². The highest BCUT2D eigenvalue weighted by molar-refractivity contribution is 5.80. The van der Waals surface area contributed by atoms with Crippen LogP contribution in [0.1, 0.15) is 39.0 Å². The van der Waals surface area contributed by atoms with Crippen molar-refractivity contribution in [2.45, 2.75) is 57.3 Å². The normalized spacial score (nSPS) is 20.0. The fourth-order valence-electron chi connectivity index (χ4n) is 2.33. The Bertz CT molecular complexity index is 265. The summed E-state index contributed by atoms with van der Waals surface area (Å²) in [6, 6.07) is -0.278. The molecule has 0 saturated heterocycles. The van der Waals surface area contributed by atoms with Crippen molar-refractivity contribution in [2.75, 3.05) is 27.2 Å². The van der Waals surface area contributed by atoms with Crippen LogP contribution in [-0.2, 0) is 9.53 Å². The fraction of sp³-hybridized carbons (Fsp3) is 0.929. The van der Waals surface area contributed by atoms with Crippen LogP contribution >= 0.6 is 0 Å². The molecule has 2 unspecified atom stereocenters. The molecule has 1 aliphatic carbocycles. The lowest BCUT2D eigenvalue weighted by Gasteiger charge is -2.24. The molecule has 0 spiro atoms. The molecular weight excluding hydrogens is 244 g/mol. The number of carbonyl (C=O) groups excluding carboxylic acids is 1. The maximum absolute atomic E-state index is 11.6. The van der Waals surface area contributed by atoms with Crippen molar-refractivity contribution in [3.05, 3.63) is 0 Å². The number of hydrogen-bond donors (Lipinski definition) is 2. The third-order valence-electron chi connectivity index (χ3n) is 3.55. The smallest absolute Gasteiger partial charge is 0.238 e. The number of aliphatic hydroxyl groups is 1. The van der Waals surface area contributed by atoms with E-state index in [1.165, 1.54) is 19.3 Å². The van der Waals surface area contributed by atoms with Crippen molar-refractivity contribution in [3.63, 3.8) is 0 Å². The van der Waals surface area contributed by atoms with Gasteiger partial charge in [-0.05, 0) is 19.8 Å². The molecule has 0 aliphatic heterocycles. The van der Waals surface area contributed by atoms with E-state index in [0.717, 1.165) is 12.8 Å². The average Bonchev–Trinajstić information content (AvgIpc) is 2.42. The van der Waals surface area contributed by atoms with Crippen molar-refractivity contribution in [2.24, 2.45) is 0 Å². The maximum atomic E-state index is 11.6. The predicted molar refractivity (Wildman–Crippen MR) is 75.0 cm³/mol. The molecule has 2 N–H and O–H groups in total. The van der Waals surface area contributed by atoms with E-state index in [2.05, 4.69) is 5.32 Å². The van der Waals surface area contributed by atoms with Crippen molar-refractivity contribution in [1.29, 1.82) is 0 Å². The Morgan fingerprint density at radius 2 is 2.00 bits per heavy atom. The molecule has 1 fully saturated rings. The van der Waals surface area contributed by atoms with Crippen LogP contribution < -0.4 is 5.32 Å². The minimum atomic E-state index is -0.556. The number of nitrogens with zero attached hydrogens (tertiary/aromatic N) is 1. The second-order valence-electron chi connectivity index (χ2n) is 5.61. The third kappa shape index (κ3) is 6.36. The summed E-state index contributed by atoms with van der Waals surface area (Å²) in [5.41, 5.74) is 0. The van der Waals surface area contributed by atoms with E-state index in [-0.39, 0.29) is 11.9 Å². The van der Waals surface area contributed by atoms with Crippen LogP contribution in [0.4, 0.5) is 0 Å². The number of ether oxygens (including phenoxy) is 1. The summed E-state index contributed by atoms with van der Waals surface area (Å²) in [4.78, 5) is 13.2. The summed E-state index contributed by atoms with van der Waals surface area (Å²) in [5, 5.41) is 12.9. The molecule has 19 heavy (non-hydrogen) atoms. The van der Waals surface area contributed by atoms with Crippen molar-refractivity contribution < 1.29 is 14.6 Å². The molecule has 5 heteroatoms. The van der Waals surface area contributed by atoms with Gasteiger partial charge in [0.2, 0.25) is 5.91 Å². The molecule has 1 rings (SSSR count). The Balaban J connectivity index is 2.13. The summed E-state index contributed by atoms with van der Waals surface area (Å²) in [6.45, 7) is 2.53. The van der Waals surface area contributed by atoms with Gasteiger partial charge in [-0.15, -0.1) is 0 Å². The lowest BCUT2D eigenvalue weighted by atomic mass is 9.98. The van der Waals surface area contributed by atoms with E-state index in [1.54, 1.807) is 25.9 Å². The lowest BCUT2D eigenvalue weighted by molar-refractivity contribution is -0.130. The highest BCUT2D eigenvalue weighted by atomic mass is 16.5. The molecule has 0 radical (unpaired) electrons. The largest absolute Gasteiger partial charge is 0.389 e. The Hall–Kier alpha value is -0.650. The van der Waals surface area contributed by atoms with E-state index in [9.17, 15) is 9.90 Å². The Morgan fingerprint density at radius 1 is 1.37 bits per heavy atom. The number of amides is 1. The quantitative estimate of drug-likeness (QED) is 0.718. The summed E-state index contributed by atoms with van der Waals surface area (Å²) in [7, 11) is 3.45. The molecule has 0 aromatic rings. The second kappa shape index (κ2) is 8.51. The fourth-order valence-corrected chi connectivity index (χ4v) is 2.33. The van der Waals surface area contributed by atoms with Gasteiger partial charge in [-0.3, -0.25) is 4.79 Å². The average molecular weight is 272 g/mol. The van der Waals surface area contributed by atoms with Crippen molar-refractivity contribution in [3.8, 4) is 0 Å². The summed E-state index contributed by atoms with van der Waals surface area (Å²) < 4.78 is 5.70. The first-order valence-corrected chi connectivity index (χ1v) is 7.25. The van der Waals surface area contributed by atoms with Crippen LogP contribution in [-0.4, -0.2) is 61.4 Å². The number of nitrogens with one attached hydrogen (secondary N) is 1. The molecule has 2 atom stereocenters. The zero-order valence-electron chi connectivity index (χ0n) is 12.4. The predicted octanol–water partition coefficient (Wildman–Crippen LogP) is 0.763. The first-order chi connectivity index (χ1) is 9.00. The van der Waals surface area contributed by atoms with Crippen LogP contribution in [0.2, 0.25) is 0 Å². The second-order valence-corrected chi connectivity index (χ2v) is 5.61. The number of aliphatic hydroxyl groups excluding tert-OH is 1. The van der Waals surface area contributed by atoms with Gasteiger partial charge in [0.15, 0.2) is 0 Å². The van der Waals surface area contributed by atoms with E-state index < -0.39 is 6.10 Å². The van der Waals surface area contributed by atoms with Crippen molar-refractivity contribution >= 4 is 5.91 Å². The van der Waals surface area contributed by atoms with Gasteiger partial charge in [0.25, 0.3) is 0 Å². The van der Waals surface area contributed by atoms with Crippen LogP contribution in [0.3, 0.4) is 0 Å². The van der Waals surface area contributed by atoms with Gasteiger partial charge in [-0.2, -0.15) is 0 Å². The van der Waals surface area contributed by atoms with Crippen LogP contribution in [0.25, 0.3) is 0 Å². The number of rotatable bonds is 7. The Kier molecular flexibility index (Phi) is 7.34. The van der Waals surface area contributed by atoms with Gasteiger partial charge in [0, 0.05) is 20.6 Å². The topological polar surface area (TPSA) is 61.8 Å². The molecule has 112 valence electrons. The van der Waals surface area contributed by atoms with E-state index >= 15 is 0 Å². The molecule has 0 bridgehead atoms. The molecule has 1 saturated carbocycles. The summed E-state index contributed by atoms with van der Waals surface area (Å²) >= 11 is 0. The van der Waals surface area contributed by atoms with Crippen molar-refractivity contribution in [1.82, 2.24) is 10.2 Å². The van der Waals surface area contributed by atoms with Crippen LogP contribution in [0.15, 0.2) is 0 Å². The SMILES string of the molecule is CC(NCC(O)COC1CCCCC1)C(=O)N(C)C. The monoisotopic (exact) mass is 272 g/mol. The first-order valence-electron chi connectivity index (χ1n) is 7.25. The standard InChI is InChI=1S/C14H28N2O3/c1-11(14(18)16(2)3)15-9-12(17)10-19-13-7-5-4-6-8-13/h11-13,15,17H,4-10H2,1-3H3. The van der Waals surface area contributed by atoms with E-state index in [4.69, 9.17) is 4.74 Å². The van der Waals surface area contributed by atoms with Gasteiger partial charge in [-0.1, -0.05) is 19.3 Å². The molecule has 1 aliphatic rings. The van der Waals surface area contributed by atoms with Gasteiger partial charge in [0.1, 0.15) is 0 Å². The van der Waals surface area contributed by atoms with Gasteiger partial charge < -0.3 is 20.1 Å². The van der Waals surface area contributed by atoms with E-state index in [1.807, 2.05) is 0 Å². The molecule has 0 aromatic heterocycles. The first kappa shape index (κ1) is 16.4. The molecule has 0 aromatic carbocycles. The number of hydrogen-bond acceptors (Lipinski definition) is 4. The maximum Gasteiger partial charge on any atom is 0.238 e. The van der Waals surface area contributed by atoms with E-state index in [0.29, 0.717) is 19.3 Å². The number of carbonyl (C=O) groups is 1. The van der Waals surface area contributed by atoms with Gasteiger partial charge in [-0.25, -0.2) is 0 Å². The zero-order valence-corrected chi connectivity index (χ0v) is 12.4. The number of likely N-dealkylation sites (N-methyl/N-ethyl adjacent to an activating group) is 1. The molecular formula is C14H28N2O3. The minimum absolute atomic E-state index is 0.0143. The minimum Gasteiger partial charge on any atom is -0.389 e. The Labute approximate surface area is 116 Å². The molecule has 1 amide bonds. The summed E-state index contributed by atoms with van der Waals surface area (Å²) in [6.07, 6.45) is 5.73. The van der Waals surface area contributed by atoms with Crippen LogP contribution in [0.5, 0.6) is 0 Å². The molecule has 0 heterocycles. The van der Waals surface area contributed by atoms with Gasteiger partial charge in [0.05, 0.1) is 24.9 Å². The Morgan fingerprint density at radius 3 is 2.58 bits per heavy atom. The zero-order chi connectivity index (χ0) is 14.3. The highest BCUT2D eigenvalue weighted by Gasteiger charge is 2.18.